The molecule has 0 heterocycles. The van der Waals surface area contributed by atoms with E-state index in [1.165, 1.54) is 0 Å². The highest BCUT2D eigenvalue weighted by atomic mass is 127. The second-order valence-electron chi connectivity index (χ2n) is 3.54. The summed E-state index contributed by atoms with van der Waals surface area (Å²) in [6.45, 7) is 0. The van der Waals surface area contributed by atoms with Crippen LogP contribution < -0.4 is 5.73 Å². The number of hydrogen-bond acceptors (Lipinski definition) is 2. The zero-order valence-electron chi connectivity index (χ0n) is 8.78. The van der Waals surface area contributed by atoms with Crippen molar-refractivity contribution in [2.24, 2.45) is 0 Å². The first kappa shape index (κ1) is 12.4. The number of halogens is 2. The summed E-state index contributed by atoms with van der Waals surface area (Å²) in [6.07, 6.45) is 0. The minimum Gasteiger partial charge on any atom is -0.397 e. The van der Waals surface area contributed by atoms with Crippen molar-refractivity contribution in [3.8, 4) is 0 Å². The fourth-order valence-electron chi connectivity index (χ4n) is 1.52. The molecular formula is C13H9ClINO. The predicted molar refractivity (Wildman–Crippen MR) is 78.5 cm³/mol. The lowest BCUT2D eigenvalue weighted by molar-refractivity contribution is 0.103. The number of ketones is 1. The van der Waals surface area contributed by atoms with Gasteiger partial charge in [0.25, 0.3) is 0 Å². The molecule has 0 saturated heterocycles. The number of hydrogen-bond donors (Lipinski definition) is 1. The van der Waals surface area contributed by atoms with E-state index in [1.54, 1.807) is 24.3 Å². The van der Waals surface area contributed by atoms with Gasteiger partial charge in [0.2, 0.25) is 0 Å². The first-order chi connectivity index (χ1) is 8.09. The highest BCUT2D eigenvalue weighted by Crippen LogP contribution is 2.26. The summed E-state index contributed by atoms with van der Waals surface area (Å²) in [7, 11) is 0. The number of nitrogen functional groups attached to an aromatic ring is 1. The minimum atomic E-state index is -0.108. The molecule has 0 atom stereocenters. The molecule has 2 N–H and O–H groups in total. The van der Waals surface area contributed by atoms with E-state index in [0.717, 1.165) is 3.57 Å². The van der Waals surface area contributed by atoms with E-state index in [1.807, 2.05) is 18.2 Å². The van der Waals surface area contributed by atoms with Crippen molar-refractivity contribution in [3.05, 3.63) is 62.2 Å². The van der Waals surface area contributed by atoms with Gasteiger partial charge in [0.1, 0.15) is 0 Å². The molecule has 0 amide bonds. The van der Waals surface area contributed by atoms with Crippen molar-refractivity contribution in [1.29, 1.82) is 0 Å². The van der Waals surface area contributed by atoms with Gasteiger partial charge in [-0.1, -0.05) is 41.9 Å². The van der Waals surface area contributed by atoms with E-state index in [9.17, 15) is 4.79 Å². The molecule has 0 radical (unpaired) electrons. The Bertz CT molecular complexity index is 569. The average molecular weight is 358 g/mol. The number of carbonyl (C=O) groups is 1. The number of anilines is 1. The van der Waals surface area contributed by atoms with E-state index in [0.29, 0.717) is 21.8 Å². The molecular weight excluding hydrogens is 349 g/mol. The number of nitrogens with two attached hydrogens (primary N) is 1. The molecule has 2 nitrogen and oxygen atoms in total. The Kier molecular flexibility index (Phi) is 3.69. The van der Waals surface area contributed by atoms with Crippen molar-refractivity contribution in [2.75, 3.05) is 5.73 Å². The second-order valence-corrected chi connectivity index (χ2v) is 5.14. The van der Waals surface area contributed by atoms with Crippen LogP contribution in [-0.4, -0.2) is 5.78 Å². The zero-order chi connectivity index (χ0) is 12.4. The lowest BCUT2D eigenvalue weighted by Crippen LogP contribution is -2.06. The van der Waals surface area contributed by atoms with Crippen molar-refractivity contribution < 1.29 is 4.79 Å². The van der Waals surface area contributed by atoms with Crippen molar-refractivity contribution in [3.63, 3.8) is 0 Å². The van der Waals surface area contributed by atoms with E-state index in [4.69, 9.17) is 17.3 Å². The number of carbonyl (C=O) groups excluding carboxylic acids is 1. The van der Waals surface area contributed by atoms with Crippen LogP contribution in [-0.2, 0) is 0 Å². The van der Waals surface area contributed by atoms with Crippen LogP contribution in [0.25, 0.3) is 0 Å². The summed E-state index contributed by atoms with van der Waals surface area (Å²) in [5.74, 6) is -0.108. The summed E-state index contributed by atoms with van der Waals surface area (Å²) in [5, 5.41) is 0.517. The summed E-state index contributed by atoms with van der Waals surface area (Å²) < 4.78 is 0.786. The maximum atomic E-state index is 12.2. The third-order valence-electron chi connectivity index (χ3n) is 2.37. The summed E-state index contributed by atoms with van der Waals surface area (Å²) in [4.78, 5) is 12.2. The van der Waals surface area contributed by atoms with Gasteiger partial charge >= 0.3 is 0 Å². The Balaban J connectivity index is 2.52. The Hall–Kier alpha value is -1.07. The first-order valence-electron chi connectivity index (χ1n) is 4.94. The second kappa shape index (κ2) is 5.06. The predicted octanol–water partition coefficient (Wildman–Crippen LogP) is 3.76. The Morgan fingerprint density at radius 3 is 2.47 bits per heavy atom. The third-order valence-corrected chi connectivity index (χ3v) is 3.49. The summed E-state index contributed by atoms with van der Waals surface area (Å²) >= 11 is 8.01. The molecule has 4 heteroatoms. The molecule has 17 heavy (non-hydrogen) atoms. The van der Waals surface area contributed by atoms with E-state index in [2.05, 4.69) is 22.6 Å². The molecule has 0 aromatic heterocycles. The third kappa shape index (κ3) is 2.61. The maximum Gasteiger partial charge on any atom is 0.195 e. The Morgan fingerprint density at radius 1 is 1.18 bits per heavy atom. The van der Waals surface area contributed by atoms with Crippen LogP contribution in [0.5, 0.6) is 0 Å². The Morgan fingerprint density at radius 2 is 1.82 bits per heavy atom. The highest BCUT2D eigenvalue weighted by molar-refractivity contribution is 14.1. The van der Waals surface area contributed by atoms with Gasteiger partial charge in [0.05, 0.1) is 5.69 Å². The molecule has 2 aromatic rings. The van der Waals surface area contributed by atoms with Gasteiger partial charge in [0.15, 0.2) is 5.78 Å². The monoisotopic (exact) mass is 357 g/mol. The first-order valence-corrected chi connectivity index (χ1v) is 6.39. The highest BCUT2D eigenvalue weighted by Gasteiger charge is 2.14. The van der Waals surface area contributed by atoms with E-state index < -0.39 is 0 Å². The van der Waals surface area contributed by atoms with Gasteiger partial charge < -0.3 is 5.73 Å². The van der Waals surface area contributed by atoms with Gasteiger partial charge in [-0.15, -0.1) is 0 Å². The van der Waals surface area contributed by atoms with Gasteiger partial charge in [-0.2, -0.15) is 0 Å². The van der Waals surface area contributed by atoms with Crippen molar-refractivity contribution in [1.82, 2.24) is 0 Å². The molecule has 0 saturated carbocycles. The lowest BCUT2D eigenvalue weighted by Gasteiger charge is -2.07. The van der Waals surface area contributed by atoms with Gasteiger partial charge in [0, 0.05) is 19.7 Å². The molecule has 2 aromatic carbocycles. The maximum absolute atomic E-state index is 12.2. The van der Waals surface area contributed by atoms with Gasteiger partial charge in [-0.25, -0.2) is 0 Å². The normalized spacial score (nSPS) is 10.2. The fraction of sp³-hybridized carbons (Fsp3) is 0. The molecule has 0 spiro atoms. The number of benzene rings is 2. The molecule has 0 aliphatic heterocycles. The summed E-state index contributed by atoms with van der Waals surface area (Å²) in [5.41, 5.74) is 7.44. The quantitative estimate of drug-likeness (QED) is 0.505. The smallest absolute Gasteiger partial charge is 0.195 e. The molecule has 2 rings (SSSR count). The SMILES string of the molecule is Nc1c(I)cc(Cl)cc1C(=O)c1ccccc1. The largest absolute Gasteiger partial charge is 0.397 e. The van der Waals surface area contributed by atoms with E-state index >= 15 is 0 Å². The average Bonchev–Trinajstić information content (AvgIpc) is 2.34. The van der Waals surface area contributed by atoms with E-state index in [-0.39, 0.29) is 5.78 Å². The van der Waals surface area contributed by atoms with Crippen LogP contribution >= 0.6 is 34.2 Å². The minimum absolute atomic E-state index is 0.108. The van der Waals surface area contributed by atoms with Crippen LogP contribution in [0.1, 0.15) is 15.9 Å². The Labute approximate surface area is 118 Å². The standard InChI is InChI=1S/C13H9ClINO/c14-9-6-10(12(16)11(15)7-9)13(17)8-4-2-1-3-5-8/h1-7H,16H2. The van der Waals surface area contributed by atoms with Crippen molar-refractivity contribution in [2.45, 2.75) is 0 Å². The molecule has 86 valence electrons. The molecule has 0 bridgehead atoms. The topological polar surface area (TPSA) is 43.1 Å². The molecule has 0 aliphatic carbocycles. The van der Waals surface area contributed by atoms with Crippen LogP contribution in [0.15, 0.2) is 42.5 Å². The summed E-state index contributed by atoms with van der Waals surface area (Å²) in [6, 6.07) is 12.4. The van der Waals surface area contributed by atoms with Crippen LogP contribution in [0.4, 0.5) is 5.69 Å². The fourth-order valence-corrected chi connectivity index (χ4v) is 2.55. The number of rotatable bonds is 2. The molecule has 0 unspecified atom stereocenters. The van der Waals surface area contributed by atoms with Crippen LogP contribution in [0.2, 0.25) is 5.02 Å². The zero-order valence-corrected chi connectivity index (χ0v) is 11.7. The molecule has 0 fully saturated rings. The van der Waals surface area contributed by atoms with Crippen molar-refractivity contribution >= 4 is 45.7 Å². The van der Waals surface area contributed by atoms with Gasteiger partial charge in [-0.3, -0.25) is 4.79 Å². The van der Waals surface area contributed by atoms with Crippen LogP contribution in [0, 0.1) is 3.57 Å². The van der Waals surface area contributed by atoms with Crippen LogP contribution in [0.3, 0.4) is 0 Å². The lowest BCUT2D eigenvalue weighted by atomic mass is 10.0. The molecule has 0 aliphatic rings. The van der Waals surface area contributed by atoms with Gasteiger partial charge in [-0.05, 0) is 34.7 Å².